The van der Waals surface area contributed by atoms with Gasteiger partial charge in [0.2, 0.25) is 11.3 Å². The number of aryl methyl sites for hydroxylation is 1. The van der Waals surface area contributed by atoms with Gasteiger partial charge < -0.3 is 5.32 Å². The fourth-order valence-electron chi connectivity index (χ4n) is 2.79. The molecule has 1 N–H and O–H groups in total. The molecular formula is C18H14FN7O2. The third-order valence-corrected chi connectivity index (χ3v) is 4.15. The Morgan fingerprint density at radius 1 is 1.18 bits per heavy atom. The number of fused-ring (bicyclic) bond motifs is 1. The van der Waals surface area contributed by atoms with Crippen LogP contribution in [0, 0.1) is 5.82 Å². The molecule has 0 unspecified atom stereocenters. The topological polar surface area (TPSA) is 108 Å². The Balaban J connectivity index is 1.49. The van der Waals surface area contributed by atoms with E-state index in [4.69, 9.17) is 0 Å². The number of amides is 1. The van der Waals surface area contributed by atoms with Crippen molar-refractivity contribution in [3.05, 3.63) is 71.0 Å². The van der Waals surface area contributed by atoms with Gasteiger partial charge in [-0.3, -0.25) is 14.3 Å². The Hall–Kier alpha value is -3.95. The molecule has 0 atom stereocenters. The maximum Gasteiger partial charge on any atom is 0.226 e. The van der Waals surface area contributed by atoms with Crippen molar-refractivity contribution in [1.82, 2.24) is 30.0 Å². The van der Waals surface area contributed by atoms with Crippen LogP contribution in [-0.4, -0.2) is 35.9 Å². The van der Waals surface area contributed by atoms with E-state index in [1.165, 1.54) is 35.4 Å². The van der Waals surface area contributed by atoms with Gasteiger partial charge in [0.15, 0.2) is 0 Å². The molecular weight excluding hydrogens is 365 g/mol. The quantitative estimate of drug-likeness (QED) is 0.564. The van der Waals surface area contributed by atoms with E-state index in [1.807, 2.05) is 0 Å². The molecule has 0 aliphatic rings. The normalized spacial score (nSPS) is 10.9. The zero-order chi connectivity index (χ0) is 19.5. The summed E-state index contributed by atoms with van der Waals surface area (Å²) >= 11 is 0. The number of nitrogens with zero attached hydrogens (tertiary/aromatic N) is 6. The minimum atomic E-state index is -0.572. The molecule has 0 aliphatic carbocycles. The highest BCUT2D eigenvalue weighted by Gasteiger charge is 2.11. The number of benzene rings is 2. The van der Waals surface area contributed by atoms with Gasteiger partial charge in [-0.05, 0) is 40.8 Å². The molecule has 0 saturated carbocycles. The number of para-hydroxylation sites is 1. The average molecular weight is 379 g/mol. The molecule has 140 valence electrons. The van der Waals surface area contributed by atoms with Gasteiger partial charge in [-0.25, -0.2) is 9.07 Å². The van der Waals surface area contributed by atoms with Crippen molar-refractivity contribution in [3.63, 3.8) is 0 Å². The van der Waals surface area contributed by atoms with Crippen LogP contribution in [0.25, 0.3) is 16.6 Å². The van der Waals surface area contributed by atoms with Crippen molar-refractivity contribution in [2.45, 2.75) is 13.0 Å². The Morgan fingerprint density at radius 2 is 2.04 bits per heavy atom. The van der Waals surface area contributed by atoms with Crippen molar-refractivity contribution >= 4 is 22.5 Å². The van der Waals surface area contributed by atoms with E-state index in [2.05, 4.69) is 25.9 Å². The Morgan fingerprint density at radius 3 is 2.86 bits per heavy atom. The highest BCUT2D eigenvalue weighted by Crippen LogP contribution is 2.18. The Bertz CT molecular complexity index is 1200. The molecule has 1 amide bonds. The van der Waals surface area contributed by atoms with E-state index in [0.717, 1.165) is 0 Å². The molecule has 0 saturated heterocycles. The number of rotatable bonds is 5. The predicted molar refractivity (Wildman–Crippen MR) is 98.4 cm³/mol. The molecule has 0 fully saturated rings. The third-order valence-electron chi connectivity index (χ3n) is 4.15. The number of carbonyl (C=O) groups excluding carboxylic acids is 1. The molecule has 0 radical (unpaired) electrons. The molecule has 28 heavy (non-hydrogen) atoms. The molecule has 2 heterocycles. The maximum absolute atomic E-state index is 14.1. The van der Waals surface area contributed by atoms with Gasteiger partial charge in [0.25, 0.3) is 0 Å². The van der Waals surface area contributed by atoms with E-state index in [9.17, 15) is 14.0 Å². The van der Waals surface area contributed by atoms with Crippen LogP contribution in [-0.2, 0) is 11.3 Å². The van der Waals surface area contributed by atoms with E-state index < -0.39 is 11.7 Å². The smallest absolute Gasteiger partial charge is 0.226 e. The first-order valence-corrected chi connectivity index (χ1v) is 8.39. The van der Waals surface area contributed by atoms with Crippen LogP contribution in [0.2, 0.25) is 0 Å². The number of aromatic nitrogens is 6. The van der Waals surface area contributed by atoms with E-state index in [1.54, 1.807) is 28.9 Å². The number of nitrogens with one attached hydrogen (secondary N) is 1. The first-order chi connectivity index (χ1) is 13.6. The lowest BCUT2D eigenvalue weighted by Gasteiger charge is -2.11. The summed E-state index contributed by atoms with van der Waals surface area (Å²) in [7, 11) is 0. The first kappa shape index (κ1) is 17.5. The van der Waals surface area contributed by atoms with Crippen LogP contribution in [0.3, 0.4) is 0 Å². The number of tetrazole rings is 1. The molecule has 2 aromatic carbocycles. The van der Waals surface area contributed by atoms with Crippen molar-refractivity contribution in [2.24, 2.45) is 0 Å². The SMILES string of the molecule is O=C(CCn1ncc(=O)c2ccccc21)Nc1cc(-n2cnnn2)ccc1F. The molecule has 9 nitrogen and oxygen atoms in total. The molecule has 0 bridgehead atoms. The highest BCUT2D eigenvalue weighted by atomic mass is 19.1. The summed E-state index contributed by atoms with van der Waals surface area (Å²) in [5.41, 5.74) is 0.984. The lowest BCUT2D eigenvalue weighted by atomic mass is 10.2. The van der Waals surface area contributed by atoms with Gasteiger partial charge in [0, 0.05) is 11.8 Å². The zero-order valence-corrected chi connectivity index (χ0v) is 14.5. The molecule has 0 aliphatic heterocycles. The minimum Gasteiger partial charge on any atom is -0.323 e. The second-order valence-electron chi connectivity index (χ2n) is 5.97. The number of anilines is 1. The fourth-order valence-corrected chi connectivity index (χ4v) is 2.79. The van der Waals surface area contributed by atoms with Gasteiger partial charge in [-0.15, -0.1) is 5.10 Å². The Labute approximate surface area is 157 Å². The van der Waals surface area contributed by atoms with E-state index >= 15 is 0 Å². The van der Waals surface area contributed by atoms with E-state index in [-0.39, 0.29) is 24.1 Å². The summed E-state index contributed by atoms with van der Waals surface area (Å²) in [5.74, 6) is -0.963. The molecule has 4 aromatic rings. The Kier molecular flexibility index (Phi) is 4.58. The second kappa shape index (κ2) is 7.35. The summed E-state index contributed by atoms with van der Waals surface area (Å²) in [6.45, 7) is 0.237. The molecule has 4 rings (SSSR count). The van der Waals surface area contributed by atoms with Crippen molar-refractivity contribution in [1.29, 1.82) is 0 Å². The van der Waals surface area contributed by atoms with Gasteiger partial charge in [0.1, 0.15) is 12.1 Å². The van der Waals surface area contributed by atoms with Crippen LogP contribution in [0.1, 0.15) is 6.42 Å². The standard InChI is InChI=1S/C18H14FN7O2/c19-14-6-5-12(26-11-20-23-24-26)9-15(14)22-18(28)7-8-25-16-4-2-1-3-13(16)17(27)10-21-25/h1-6,9-11H,7-8H2,(H,22,28). The summed E-state index contributed by atoms with van der Waals surface area (Å²) in [6.07, 6.45) is 2.63. The monoisotopic (exact) mass is 379 g/mol. The van der Waals surface area contributed by atoms with Gasteiger partial charge in [0.05, 0.1) is 29.6 Å². The van der Waals surface area contributed by atoms with Gasteiger partial charge >= 0.3 is 0 Å². The highest BCUT2D eigenvalue weighted by molar-refractivity contribution is 5.91. The van der Waals surface area contributed by atoms with Crippen LogP contribution in [0.5, 0.6) is 0 Å². The van der Waals surface area contributed by atoms with Crippen molar-refractivity contribution in [2.75, 3.05) is 5.32 Å². The average Bonchev–Trinajstić information content (AvgIpc) is 3.24. The van der Waals surface area contributed by atoms with Crippen molar-refractivity contribution < 1.29 is 9.18 Å². The number of halogens is 1. The van der Waals surface area contributed by atoms with Crippen molar-refractivity contribution in [3.8, 4) is 5.69 Å². The fraction of sp³-hybridized carbons (Fsp3) is 0.111. The first-order valence-electron chi connectivity index (χ1n) is 8.39. The summed E-state index contributed by atoms with van der Waals surface area (Å²) in [4.78, 5) is 24.2. The predicted octanol–water partition coefficient (Wildman–Crippen LogP) is 1.54. The third kappa shape index (κ3) is 3.47. The molecule has 10 heteroatoms. The number of carbonyl (C=O) groups is 1. The molecule has 0 spiro atoms. The lowest BCUT2D eigenvalue weighted by Crippen LogP contribution is -2.18. The van der Waals surface area contributed by atoms with Gasteiger partial charge in [-0.1, -0.05) is 12.1 Å². The largest absolute Gasteiger partial charge is 0.323 e. The lowest BCUT2D eigenvalue weighted by molar-refractivity contribution is -0.116. The minimum absolute atomic E-state index is 0.0238. The number of hydrogen-bond acceptors (Lipinski definition) is 6. The van der Waals surface area contributed by atoms with Gasteiger partial charge in [-0.2, -0.15) is 5.10 Å². The second-order valence-corrected chi connectivity index (χ2v) is 5.97. The zero-order valence-electron chi connectivity index (χ0n) is 14.5. The summed E-state index contributed by atoms with van der Waals surface area (Å²) in [5, 5.41) is 17.9. The van der Waals surface area contributed by atoms with Crippen LogP contribution in [0.15, 0.2) is 59.8 Å². The molecule has 2 aromatic heterocycles. The number of hydrogen-bond donors (Lipinski definition) is 1. The van der Waals surface area contributed by atoms with E-state index in [0.29, 0.717) is 16.6 Å². The summed E-state index contributed by atoms with van der Waals surface area (Å²) in [6, 6.07) is 11.2. The maximum atomic E-state index is 14.1. The van der Waals surface area contributed by atoms with Crippen LogP contribution >= 0.6 is 0 Å². The van der Waals surface area contributed by atoms with Crippen LogP contribution in [0.4, 0.5) is 10.1 Å². The summed E-state index contributed by atoms with van der Waals surface area (Å²) < 4.78 is 17.0. The van der Waals surface area contributed by atoms with Crippen LogP contribution < -0.4 is 10.7 Å².